The Kier molecular flexibility index (Phi) is 9.38. The number of guanidine groups is 1. The molecular formula is C18H34IN7O2. The maximum absolute atomic E-state index is 5.88. The molecule has 0 radical (unpaired) electrons. The predicted octanol–water partition coefficient (Wildman–Crippen LogP) is 0.678. The van der Waals surface area contributed by atoms with Gasteiger partial charge in [-0.15, -0.1) is 34.2 Å². The van der Waals surface area contributed by atoms with Crippen LogP contribution >= 0.6 is 24.0 Å². The van der Waals surface area contributed by atoms with E-state index in [0.29, 0.717) is 6.54 Å². The van der Waals surface area contributed by atoms with Gasteiger partial charge >= 0.3 is 0 Å². The molecule has 9 nitrogen and oxygen atoms in total. The van der Waals surface area contributed by atoms with Crippen molar-refractivity contribution in [2.45, 2.75) is 38.8 Å². The van der Waals surface area contributed by atoms with Gasteiger partial charge in [-0.25, -0.2) is 4.99 Å². The summed E-state index contributed by atoms with van der Waals surface area (Å²) >= 11 is 0. The van der Waals surface area contributed by atoms with E-state index in [1.54, 1.807) is 0 Å². The summed E-state index contributed by atoms with van der Waals surface area (Å²) in [6.07, 6.45) is 2.19. The lowest BCUT2D eigenvalue weighted by Gasteiger charge is -2.27. The van der Waals surface area contributed by atoms with Gasteiger partial charge in [0.2, 0.25) is 0 Å². The van der Waals surface area contributed by atoms with Crippen molar-refractivity contribution in [1.82, 2.24) is 30.3 Å². The smallest absolute Gasteiger partial charge is 0.191 e. The molecule has 28 heavy (non-hydrogen) atoms. The Balaban J connectivity index is 0.00000280. The molecule has 2 aliphatic heterocycles. The third-order valence-corrected chi connectivity index (χ3v) is 5.32. The molecule has 0 spiro atoms. The molecule has 1 unspecified atom stereocenters. The second-order valence-electron chi connectivity index (χ2n) is 7.52. The average Bonchev–Trinajstić information content (AvgIpc) is 3.25. The minimum absolute atomic E-state index is 0. The van der Waals surface area contributed by atoms with Crippen molar-refractivity contribution in [3.05, 3.63) is 11.6 Å². The fourth-order valence-electron chi connectivity index (χ4n) is 3.32. The zero-order chi connectivity index (χ0) is 19.1. The van der Waals surface area contributed by atoms with Gasteiger partial charge in [0, 0.05) is 46.4 Å². The summed E-state index contributed by atoms with van der Waals surface area (Å²) in [5.41, 5.74) is -0.117. The SMILES string of the molecule is Cc1nnc(CN=C(NCCN2CCOCC2)NCC2(C)CCCO2)n1C.I. The molecule has 2 N–H and O–H groups in total. The van der Waals surface area contributed by atoms with Crippen molar-refractivity contribution in [2.24, 2.45) is 12.0 Å². The van der Waals surface area contributed by atoms with E-state index in [1.807, 2.05) is 18.5 Å². The maximum Gasteiger partial charge on any atom is 0.191 e. The van der Waals surface area contributed by atoms with Crippen LogP contribution in [0.4, 0.5) is 0 Å². The predicted molar refractivity (Wildman–Crippen MR) is 119 cm³/mol. The lowest BCUT2D eigenvalue weighted by atomic mass is 10.0. The van der Waals surface area contributed by atoms with Crippen molar-refractivity contribution < 1.29 is 9.47 Å². The first-order chi connectivity index (χ1) is 13.1. The fraction of sp³-hybridized carbons (Fsp3) is 0.833. The highest BCUT2D eigenvalue weighted by Crippen LogP contribution is 2.23. The second-order valence-corrected chi connectivity index (χ2v) is 7.52. The van der Waals surface area contributed by atoms with Crippen molar-refractivity contribution in [2.75, 3.05) is 52.5 Å². The minimum atomic E-state index is -0.117. The van der Waals surface area contributed by atoms with E-state index >= 15 is 0 Å². The van der Waals surface area contributed by atoms with E-state index in [4.69, 9.17) is 14.5 Å². The van der Waals surface area contributed by atoms with Gasteiger partial charge in [0.15, 0.2) is 11.8 Å². The number of hydrogen-bond donors (Lipinski definition) is 2. The van der Waals surface area contributed by atoms with Gasteiger partial charge in [0.1, 0.15) is 12.4 Å². The van der Waals surface area contributed by atoms with Crippen LogP contribution in [0, 0.1) is 6.92 Å². The first-order valence-corrected chi connectivity index (χ1v) is 9.87. The van der Waals surface area contributed by atoms with Crippen LogP contribution in [0.5, 0.6) is 0 Å². The molecule has 3 heterocycles. The van der Waals surface area contributed by atoms with E-state index in [-0.39, 0.29) is 29.6 Å². The van der Waals surface area contributed by atoms with Crippen LogP contribution in [0.1, 0.15) is 31.4 Å². The van der Waals surface area contributed by atoms with Gasteiger partial charge in [-0.1, -0.05) is 0 Å². The fourth-order valence-corrected chi connectivity index (χ4v) is 3.32. The topological polar surface area (TPSA) is 88.8 Å². The number of nitrogens with zero attached hydrogens (tertiary/aromatic N) is 5. The number of aliphatic imine (C=N–C) groups is 1. The van der Waals surface area contributed by atoms with Gasteiger partial charge in [-0.05, 0) is 26.7 Å². The normalized spacial score (nSPS) is 23.5. The van der Waals surface area contributed by atoms with Crippen LogP contribution in [0.15, 0.2) is 4.99 Å². The molecule has 0 aliphatic carbocycles. The maximum atomic E-state index is 5.88. The van der Waals surface area contributed by atoms with E-state index < -0.39 is 0 Å². The van der Waals surface area contributed by atoms with Crippen LogP contribution in [0.2, 0.25) is 0 Å². The standard InChI is InChI=1S/C18H33N7O2.HI/c1-15-22-23-16(24(15)3)13-20-17(21-14-18(2)5-4-10-27-18)19-6-7-25-8-11-26-12-9-25;/h4-14H2,1-3H3,(H2,19,20,21);1H. The molecule has 10 heteroatoms. The Morgan fingerprint density at radius 2 is 2.00 bits per heavy atom. The number of nitrogens with one attached hydrogen (secondary N) is 2. The number of ether oxygens (including phenoxy) is 2. The summed E-state index contributed by atoms with van der Waals surface area (Å²) in [6.45, 7) is 11.6. The van der Waals surface area contributed by atoms with Gasteiger partial charge in [0.05, 0.1) is 18.8 Å². The highest BCUT2D eigenvalue weighted by molar-refractivity contribution is 14.0. The average molecular weight is 507 g/mol. The van der Waals surface area contributed by atoms with Crippen molar-refractivity contribution >= 4 is 29.9 Å². The van der Waals surface area contributed by atoms with E-state index in [0.717, 1.165) is 83.0 Å². The molecule has 2 aliphatic rings. The van der Waals surface area contributed by atoms with Gasteiger partial charge in [-0.3, -0.25) is 4.90 Å². The zero-order valence-corrected chi connectivity index (χ0v) is 19.6. The van der Waals surface area contributed by atoms with Crippen molar-refractivity contribution in [3.63, 3.8) is 0 Å². The molecule has 2 saturated heterocycles. The van der Waals surface area contributed by atoms with Crippen molar-refractivity contribution in [3.8, 4) is 0 Å². The molecular weight excluding hydrogens is 473 g/mol. The minimum Gasteiger partial charge on any atom is -0.379 e. The number of rotatable bonds is 7. The van der Waals surface area contributed by atoms with Crippen molar-refractivity contribution in [1.29, 1.82) is 0 Å². The largest absolute Gasteiger partial charge is 0.379 e. The molecule has 1 aromatic heterocycles. The molecule has 0 aromatic carbocycles. The summed E-state index contributed by atoms with van der Waals surface area (Å²) in [5.74, 6) is 2.53. The first-order valence-electron chi connectivity index (χ1n) is 9.87. The van der Waals surface area contributed by atoms with Crippen LogP contribution < -0.4 is 10.6 Å². The summed E-state index contributed by atoms with van der Waals surface area (Å²) < 4.78 is 13.3. The third-order valence-electron chi connectivity index (χ3n) is 5.32. The number of morpholine rings is 1. The molecule has 0 amide bonds. The third kappa shape index (κ3) is 6.82. The summed E-state index contributed by atoms with van der Waals surface area (Å²) in [7, 11) is 1.96. The van der Waals surface area contributed by atoms with E-state index in [2.05, 4.69) is 32.7 Å². The van der Waals surface area contributed by atoms with Gasteiger partial charge in [0.25, 0.3) is 0 Å². The Labute approximate surface area is 184 Å². The van der Waals surface area contributed by atoms with Gasteiger partial charge in [-0.2, -0.15) is 0 Å². The zero-order valence-electron chi connectivity index (χ0n) is 17.2. The second kappa shape index (κ2) is 11.3. The van der Waals surface area contributed by atoms with E-state index in [1.165, 1.54) is 0 Å². The molecule has 0 saturated carbocycles. The summed E-state index contributed by atoms with van der Waals surface area (Å²) in [6, 6.07) is 0. The molecule has 2 fully saturated rings. The number of aryl methyl sites for hydroxylation is 1. The first kappa shape index (κ1) is 23.3. The highest BCUT2D eigenvalue weighted by Gasteiger charge is 2.29. The Morgan fingerprint density at radius 1 is 1.21 bits per heavy atom. The van der Waals surface area contributed by atoms with Crippen LogP contribution in [0.25, 0.3) is 0 Å². The highest BCUT2D eigenvalue weighted by atomic mass is 127. The molecule has 1 aromatic rings. The Morgan fingerprint density at radius 3 is 2.64 bits per heavy atom. The Hall–Kier alpha value is -0.980. The quantitative estimate of drug-likeness (QED) is 0.319. The van der Waals surface area contributed by atoms with Crippen LogP contribution in [-0.4, -0.2) is 83.8 Å². The monoisotopic (exact) mass is 507 g/mol. The summed E-state index contributed by atoms with van der Waals surface area (Å²) in [5, 5.41) is 15.2. The molecule has 1 atom stereocenters. The number of halogens is 1. The number of hydrogen-bond acceptors (Lipinski definition) is 6. The lowest BCUT2D eigenvalue weighted by Crippen LogP contribution is -2.48. The van der Waals surface area contributed by atoms with Crippen LogP contribution in [-0.2, 0) is 23.1 Å². The van der Waals surface area contributed by atoms with Gasteiger partial charge < -0.3 is 24.7 Å². The Bertz CT molecular complexity index is 625. The van der Waals surface area contributed by atoms with E-state index in [9.17, 15) is 0 Å². The lowest BCUT2D eigenvalue weighted by molar-refractivity contribution is 0.0242. The molecule has 0 bridgehead atoms. The van der Waals surface area contributed by atoms with Crippen LogP contribution in [0.3, 0.4) is 0 Å². The number of aromatic nitrogens is 3. The molecule has 3 rings (SSSR count). The summed E-state index contributed by atoms with van der Waals surface area (Å²) in [4.78, 5) is 7.12. The molecule has 160 valence electrons.